The summed E-state index contributed by atoms with van der Waals surface area (Å²) in [6.07, 6.45) is 7.07. The Morgan fingerprint density at radius 1 is 1.00 bits per heavy atom. The van der Waals surface area contributed by atoms with Crippen molar-refractivity contribution >= 4 is 17.3 Å². The second-order valence-corrected chi connectivity index (χ2v) is 9.00. The monoisotopic (exact) mass is 459 g/mol. The average molecular weight is 460 g/mol. The Morgan fingerprint density at radius 3 is 2.62 bits per heavy atom. The molecule has 2 saturated heterocycles. The van der Waals surface area contributed by atoms with Gasteiger partial charge in [-0.05, 0) is 37.1 Å². The summed E-state index contributed by atoms with van der Waals surface area (Å²) in [7, 11) is 0. The molecule has 9 heteroatoms. The third kappa shape index (κ3) is 4.12. The van der Waals surface area contributed by atoms with Gasteiger partial charge in [0.2, 0.25) is 5.95 Å². The van der Waals surface area contributed by atoms with Crippen LogP contribution in [-0.2, 0) is 10.3 Å². The molecule has 176 valence electrons. The lowest BCUT2D eigenvalue weighted by Gasteiger charge is -2.40. The summed E-state index contributed by atoms with van der Waals surface area (Å²) in [5, 5.41) is 4.74. The van der Waals surface area contributed by atoms with Crippen molar-refractivity contribution in [3.63, 3.8) is 0 Å². The standard InChI is InChI=1S/C25H29N7O2/c1-2-6-21(7-3-1)30-14-12-29(13-15-30)20-31(24-27-23-9-11-26-19-32(23)28-24)18-25(10-5-17-34-25)22-8-4-16-33-22/h1-4,6-9,11,16,19H,5,10,12-15,17-18,20H2. The number of nitrogens with zero attached hydrogens (tertiary/aromatic N) is 7. The number of hydrogen-bond donors (Lipinski definition) is 0. The van der Waals surface area contributed by atoms with Crippen LogP contribution in [-0.4, -0.2) is 70.5 Å². The van der Waals surface area contributed by atoms with E-state index < -0.39 is 5.60 Å². The summed E-state index contributed by atoms with van der Waals surface area (Å²) in [6.45, 7) is 5.99. The highest BCUT2D eigenvalue weighted by molar-refractivity contribution is 5.47. The zero-order valence-corrected chi connectivity index (χ0v) is 19.2. The van der Waals surface area contributed by atoms with Crippen LogP contribution in [0.3, 0.4) is 0 Å². The van der Waals surface area contributed by atoms with Gasteiger partial charge in [0.25, 0.3) is 0 Å². The molecule has 1 aromatic carbocycles. The molecule has 0 amide bonds. The molecule has 0 bridgehead atoms. The number of anilines is 2. The van der Waals surface area contributed by atoms with Crippen LogP contribution in [0.5, 0.6) is 0 Å². The van der Waals surface area contributed by atoms with Gasteiger partial charge >= 0.3 is 0 Å². The Balaban J connectivity index is 1.24. The molecule has 2 fully saturated rings. The maximum absolute atomic E-state index is 6.34. The van der Waals surface area contributed by atoms with E-state index in [2.05, 4.69) is 50.0 Å². The number of fused-ring (bicyclic) bond motifs is 1. The van der Waals surface area contributed by atoms with Gasteiger partial charge in [-0.1, -0.05) is 18.2 Å². The van der Waals surface area contributed by atoms with Gasteiger partial charge in [0.1, 0.15) is 17.7 Å². The van der Waals surface area contributed by atoms with Crippen LogP contribution < -0.4 is 9.80 Å². The van der Waals surface area contributed by atoms with E-state index in [0.29, 0.717) is 12.5 Å². The largest absolute Gasteiger partial charge is 0.466 e. The van der Waals surface area contributed by atoms with Gasteiger partial charge in [0.15, 0.2) is 5.65 Å². The fraction of sp³-hybridized carbons (Fsp3) is 0.400. The van der Waals surface area contributed by atoms with E-state index in [4.69, 9.17) is 19.2 Å². The summed E-state index contributed by atoms with van der Waals surface area (Å²) < 4.78 is 13.9. The molecule has 3 aromatic heterocycles. The molecule has 1 atom stereocenters. The number of rotatable bonds is 7. The summed E-state index contributed by atoms with van der Waals surface area (Å²) in [4.78, 5) is 16.1. The quantitative estimate of drug-likeness (QED) is 0.418. The number of piperazine rings is 1. The summed E-state index contributed by atoms with van der Waals surface area (Å²) in [6, 6.07) is 16.5. The highest BCUT2D eigenvalue weighted by Crippen LogP contribution is 2.38. The van der Waals surface area contributed by atoms with Crippen LogP contribution in [0.1, 0.15) is 18.6 Å². The van der Waals surface area contributed by atoms with Crippen molar-refractivity contribution in [3.05, 3.63) is 73.1 Å². The molecular formula is C25H29N7O2. The first-order valence-electron chi connectivity index (χ1n) is 11.9. The lowest BCUT2D eigenvalue weighted by atomic mass is 9.96. The van der Waals surface area contributed by atoms with Crippen LogP contribution in [0.2, 0.25) is 0 Å². The minimum Gasteiger partial charge on any atom is -0.466 e. The third-order valence-corrected chi connectivity index (χ3v) is 6.80. The number of furan rings is 1. The highest BCUT2D eigenvalue weighted by atomic mass is 16.5. The van der Waals surface area contributed by atoms with E-state index in [1.165, 1.54) is 5.69 Å². The van der Waals surface area contributed by atoms with Crippen LogP contribution >= 0.6 is 0 Å². The minimum atomic E-state index is -0.495. The minimum absolute atomic E-state index is 0.495. The molecule has 9 nitrogen and oxygen atoms in total. The maximum Gasteiger partial charge on any atom is 0.246 e. The predicted molar refractivity (Wildman–Crippen MR) is 129 cm³/mol. The lowest BCUT2D eigenvalue weighted by Crippen LogP contribution is -2.52. The first-order valence-corrected chi connectivity index (χ1v) is 11.9. The molecule has 0 radical (unpaired) electrons. The molecule has 2 aliphatic heterocycles. The molecule has 5 heterocycles. The molecule has 1 unspecified atom stereocenters. The second-order valence-electron chi connectivity index (χ2n) is 9.00. The average Bonchev–Trinajstić information content (AvgIpc) is 3.66. The number of para-hydroxylation sites is 1. The van der Waals surface area contributed by atoms with Gasteiger partial charge in [-0.25, -0.2) is 9.50 Å². The zero-order chi connectivity index (χ0) is 22.8. The Morgan fingerprint density at radius 2 is 1.88 bits per heavy atom. The lowest BCUT2D eigenvalue weighted by molar-refractivity contribution is -0.0127. The van der Waals surface area contributed by atoms with Gasteiger partial charge in [-0.3, -0.25) is 4.90 Å². The van der Waals surface area contributed by atoms with Gasteiger partial charge < -0.3 is 19.0 Å². The summed E-state index contributed by atoms with van der Waals surface area (Å²) >= 11 is 0. The molecular weight excluding hydrogens is 430 g/mol. The molecule has 0 saturated carbocycles. The Kier molecular flexibility index (Phi) is 5.64. The van der Waals surface area contributed by atoms with Gasteiger partial charge in [-0.2, -0.15) is 4.98 Å². The molecule has 0 spiro atoms. The predicted octanol–water partition coefficient (Wildman–Crippen LogP) is 3.01. The fourth-order valence-corrected chi connectivity index (χ4v) is 5.02. The Bertz CT molecular complexity index is 1160. The SMILES string of the molecule is c1ccc(N2CCN(CN(CC3(c4ccco4)CCCO3)c3nc4ccncn4n3)CC2)cc1. The summed E-state index contributed by atoms with van der Waals surface area (Å²) in [5.74, 6) is 1.55. The van der Waals surface area contributed by atoms with Gasteiger partial charge in [0.05, 0.1) is 19.5 Å². The highest BCUT2D eigenvalue weighted by Gasteiger charge is 2.42. The second kappa shape index (κ2) is 9.08. The normalized spacial score (nSPS) is 21.4. The Hall–Kier alpha value is -3.43. The third-order valence-electron chi connectivity index (χ3n) is 6.80. The first-order chi connectivity index (χ1) is 16.8. The molecule has 0 N–H and O–H groups in total. The smallest absolute Gasteiger partial charge is 0.246 e. The van der Waals surface area contributed by atoms with Crippen molar-refractivity contribution < 1.29 is 9.15 Å². The van der Waals surface area contributed by atoms with E-state index in [-0.39, 0.29) is 0 Å². The zero-order valence-electron chi connectivity index (χ0n) is 19.2. The van der Waals surface area contributed by atoms with Crippen molar-refractivity contribution in [1.82, 2.24) is 24.5 Å². The Labute approximate surface area is 198 Å². The van der Waals surface area contributed by atoms with Crippen molar-refractivity contribution in [3.8, 4) is 0 Å². The molecule has 2 aliphatic rings. The van der Waals surface area contributed by atoms with Crippen molar-refractivity contribution in [2.24, 2.45) is 0 Å². The molecule has 34 heavy (non-hydrogen) atoms. The molecule has 4 aromatic rings. The van der Waals surface area contributed by atoms with E-state index in [1.54, 1.807) is 23.3 Å². The number of ether oxygens (including phenoxy) is 1. The van der Waals surface area contributed by atoms with Crippen LogP contribution in [0.4, 0.5) is 11.6 Å². The topological polar surface area (TPSA) is 75.2 Å². The number of hydrogen-bond acceptors (Lipinski definition) is 8. The molecule has 6 rings (SSSR count). The van der Waals surface area contributed by atoms with Gasteiger partial charge in [-0.15, -0.1) is 5.10 Å². The van der Waals surface area contributed by atoms with E-state index in [9.17, 15) is 0 Å². The van der Waals surface area contributed by atoms with E-state index in [0.717, 1.165) is 63.7 Å². The first kappa shape index (κ1) is 21.1. The fourth-order valence-electron chi connectivity index (χ4n) is 5.02. The van der Waals surface area contributed by atoms with Crippen molar-refractivity contribution in [2.75, 3.05) is 55.8 Å². The van der Waals surface area contributed by atoms with E-state index >= 15 is 0 Å². The number of benzene rings is 1. The van der Waals surface area contributed by atoms with Crippen LogP contribution in [0.25, 0.3) is 5.65 Å². The van der Waals surface area contributed by atoms with Crippen molar-refractivity contribution in [1.29, 1.82) is 0 Å². The summed E-state index contributed by atoms with van der Waals surface area (Å²) in [5.41, 5.74) is 1.57. The number of aromatic nitrogens is 4. The van der Waals surface area contributed by atoms with Crippen LogP contribution in [0, 0.1) is 0 Å². The maximum atomic E-state index is 6.34. The van der Waals surface area contributed by atoms with E-state index in [1.807, 2.05) is 18.2 Å². The van der Waals surface area contributed by atoms with Crippen LogP contribution in [0.15, 0.2) is 71.7 Å². The molecule has 0 aliphatic carbocycles. The van der Waals surface area contributed by atoms with Gasteiger partial charge in [0, 0.05) is 50.7 Å². The van der Waals surface area contributed by atoms with Crippen molar-refractivity contribution in [2.45, 2.75) is 18.4 Å².